The maximum atomic E-state index is 13.8. The van der Waals surface area contributed by atoms with Crippen LogP contribution in [0, 0.1) is 6.92 Å². The minimum atomic E-state index is -1.02. The number of nitrogens with zero attached hydrogens (tertiary/aromatic N) is 2. The summed E-state index contributed by atoms with van der Waals surface area (Å²) >= 11 is 1.33. The molecule has 4 rings (SSSR count). The number of nitrogens with one attached hydrogen (secondary N) is 3. The van der Waals surface area contributed by atoms with Gasteiger partial charge in [-0.3, -0.25) is 19.4 Å². The first-order chi connectivity index (χ1) is 19.7. The van der Waals surface area contributed by atoms with Crippen molar-refractivity contribution in [2.45, 2.75) is 65.3 Å². The second kappa shape index (κ2) is 11.9. The van der Waals surface area contributed by atoms with Crippen LogP contribution in [0.15, 0.2) is 42.6 Å². The van der Waals surface area contributed by atoms with Crippen LogP contribution in [0.25, 0.3) is 0 Å². The minimum absolute atomic E-state index is 0.209. The monoisotopic (exact) mass is 590 g/mol. The predicted octanol–water partition coefficient (Wildman–Crippen LogP) is 4.63. The molecule has 42 heavy (non-hydrogen) atoms. The largest absolute Gasteiger partial charge is 0.364 e. The van der Waals surface area contributed by atoms with Gasteiger partial charge in [-0.25, -0.2) is 4.79 Å². The predicted molar refractivity (Wildman–Crippen MR) is 165 cm³/mol. The second-order valence-corrected chi connectivity index (χ2v) is 13.1. The summed E-state index contributed by atoms with van der Waals surface area (Å²) < 4.78 is 0. The molecule has 10 nitrogen and oxygen atoms in total. The normalized spacial score (nSPS) is 14.7. The number of hydrogen-bond acceptors (Lipinski definition) is 6. The fraction of sp³-hybridized carbons (Fsp3) is 0.387. The highest BCUT2D eigenvalue weighted by Gasteiger charge is 2.42. The molecule has 1 fully saturated rings. The maximum absolute atomic E-state index is 13.8. The average Bonchev–Trinajstić information content (AvgIpc) is 3.34. The quantitative estimate of drug-likeness (QED) is 0.317. The Labute approximate surface area is 250 Å². The number of nitrogens with two attached hydrogens (primary N) is 1. The summed E-state index contributed by atoms with van der Waals surface area (Å²) in [6.07, 6.45) is 2.89. The van der Waals surface area contributed by atoms with E-state index in [1.54, 1.807) is 31.0 Å². The van der Waals surface area contributed by atoms with Crippen molar-refractivity contribution in [1.82, 2.24) is 15.2 Å². The number of thiophene rings is 1. The lowest BCUT2D eigenvalue weighted by molar-refractivity contribution is -0.133. The van der Waals surface area contributed by atoms with Crippen LogP contribution >= 0.6 is 11.3 Å². The van der Waals surface area contributed by atoms with Gasteiger partial charge in [0.2, 0.25) is 5.91 Å². The third-order valence-electron chi connectivity index (χ3n) is 7.28. The van der Waals surface area contributed by atoms with Crippen LogP contribution in [0.3, 0.4) is 0 Å². The van der Waals surface area contributed by atoms with E-state index >= 15 is 0 Å². The number of aryl methyl sites for hydroxylation is 3. The molecule has 0 unspecified atom stereocenters. The lowest BCUT2D eigenvalue weighted by Crippen LogP contribution is -2.63. The number of piperazine rings is 1. The zero-order valence-corrected chi connectivity index (χ0v) is 25.7. The van der Waals surface area contributed by atoms with E-state index in [2.05, 4.69) is 20.9 Å². The van der Waals surface area contributed by atoms with Gasteiger partial charge in [-0.05, 0) is 73.9 Å². The number of pyridine rings is 1. The molecule has 0 saturated carbocycles. The molecule has 0 spiro atoms. The summed E-state index contributed by atoms with van der Waals surface area (Å²) in [5.41, 5.74) is 8.12. The third kappa shape index (κ3) is 6.79. The molecule has 5 N–H and O–H groups in total. The molecule has 3 heterocycles. The van der Waals surface area contributed by atoms with Gasteiger partial charge in [0.15, 0.2) is 0 Å². The number of carbonyl (C=O) groups excluding carboxylic acids is 4. The van der Waals surface area contributed by atoms with Crippen molar-refractivity contribution in [2.75, 3.05) is 23.7 Å². The SMILES string of the molecule is Cc1ccc(CCc2ccc(C(N)=O)nc2)c(NC(=O)Nc2cc(C(C)(C)C)sc2C(=O)N2CCNC(=O)C2(C)C)c1. The molecule has 0 atom stereocenters. The number of carbonyl (C=O) groups is 4. The maximum Gasteiger partial charge on any atom is 0.323 e. The van der Waals surface area contributed by atoms with Crippen LogP contribution in [-0.4, -0.2) is 52.3 Å². The van der Waals surface area contributed by atoms with Crippen molar-refractivity contribution in [2.24, 2.45) is 5.73 Å². The minimum Gasteiger partial charge on any atom is -0.364 e. The Morgan fingerprint density at radius 2 is 1.79 bits per heavy atom. The smallest absolute Gasteiger partial charge is 0.323 e. The lowest BCUT2D eigenvalue weighted by Gasteiger charge is -2.41. The molecule has 0 radical (unpaired) electrons. The van der Waals surface area contributed by atoms with E-state index < -0.39 is 17.5 Å². The van der Waals surface area contributed by atoms with E-state index in [1.165, 1.54) is 11.3 Å². The van der Waals surface area contributed by atoms with Crippen LogP contribution in [0.1, 0.15) is 76.3 Å². The van der Waals surface area contributed by atoms with Crippen LogP contribution in [0.2, 0.25) is 0 Å². The summed E-state index contributed by atoms with van der Waals surface area (Å²) in [4.78, 5) is 58.0. The van der Waals surface area contributed by atoms with E-state index in [1.807, 2.05) is 58.0 Å². The number of benzene rings is 1. The number of urea groups is 1. The van der Waals surface area contributed by atoms with Gasteiger partial charge in [-0.2, -0.15) is 0 Å². The van der Waals surface area contributed by atoms with Crippen molar-refractivity contribution in [3.63, 3.8) is 0 Å². The first-order valence-electron chi connectivity index (χ1n) is 13.8. The molecule has 1 aliphatic heterocycles. The van der Waals surface area contributed by atoms with E-state index in [-0.39, 0.29) is 22.9 Å². The van der Waals surface area contributed by atoms with Crippen LogP contribution in [-0.2, 0) is 23.1 Å². The van der Waals surface area contributed by atoms with Gasteiger partial charge in [0.1, 0.15) is 16.1 Å². The van der Waals surface area contributed by atoms with Gasteiger partial charge in [-0.15, -0.1) is 11.3 Å². The zero-order chi connectivity index (χ0) is 30.8. The van der Waals surface area contributed by atoms with Gasteiger partial charge in [0.05, 0.1) is 5.69 Å². The lowest BCUT2D eigenvalue weighted by atomic mass is 9.94. The summed E-state index contributed by atoms with van der Waals surface area (Å²) in [6.45, 7) is 12.3. The Bertz CT molecular complexity index is 1520. The fourth-order valence-corrected chi connectivity index (χ4v) is 5.81. The van der Waals surface area contributed by atoms with Crippen LogP contribution < -0.4 is 21.7 Å². The van der Waals surface area contributed by atoms with E-state index in [9.17, 15) is 19.2 Å². The summed E-state index contributed by atoms with van der Waals surface area (Å²) in [7, 11) is 0. The Hall–Kier alpha value is -4.25. The number of anilines is 2. The number of aromatic nitrogens is 1. The van der Waals surface area contributed by atoms with Gasteiger partial charge in [0.25, 0.3) is 11.8 Å². The van der Waals surface area contributed by atoms with Crippen molar-refractivity contribution in [3.05, 3.63) is 74.7 Å². The molecule has 2 aromatic heterocycles. The molecule has 222 valence electrons. The van der Waals surface area contributed by atoms with Crippen molar-refractivity contribution in [1.29, 1.82) is 0 Å². The van der Waals surface area contributed by atoms with Gasteiger partial charge < -0.3 is 26.6 Å². The Balaban J connectivity index is 1.55. The number of amides is 5. The Kier molecular flexibility index (Phi) is 8.72. The highest BCUT2D eigenvalue weighted by molar-refractivity contribution is 7.14. The summed E-state index contributed by atoms with van der Waals surface area (Å²) in [5, 5.41) is 8.69. The molecular weight excluding hydrogens is 552 g/mol. The highest BCUT2D eigenvalue weighted by Crippen LogP contribution is 2.37. The van der Waals surface area contributed by atoms with E-state index in [0.29, 0.717) is 42.2 Å². The number of primary amides is 1. The van der Waals surface area contributed by atoms with Crippen LogP contribution in [0.5, 0.6) is 0 Å². The van der Waals surface area contributed by atoms with E-state index in [4.69, 9.17) is 5.73 Å². The topological polar surface area (TPSA) is 147 Å². The molecule has 11 heteroatoms. The molecule has 1 aliphatic rings. The number of rotatable bonds is 7. The van der Waals surface area contributed by atoms with Crippen molar-refractivity contribution < 1.29 is 19.2 Å². The molecular formula is C31H38N6O4S. The Morgan fingerprint density at radius 3 is 2.43 bits per heavy atom. The van der Waals surface area contributed by atoms with Crippen LogP contribution in [0.4, 0.5) is 16.2 Å². The zero-order valence-electron chi connectivity index (χ0n) is 24.9. The fourth-order valence-electron chi connectivity index (χ4n) is 4.69. The molecule has 0 bridgehead atoms. The highest BCUT2D eigenvalue weighted by atomic mass is 32.1. The van der Waals surface area contributed by atoms with Gasteiger partial charge in [-0.1, -0.05) is 39.0 Å². The summed E-state index contributed by atoms with van der Waals surface area (Å²) in [6, 6.07) is 10.6. The summed E-state index contributed by atoms with van der Waals surface area (Å²) in [5.74, 6) is -1.08. The number of hydrogen-bond donors (Lipinski definition) is 4. The Morgan fingerprint density at radius 1 is 1.07 bits per heavy atom. The molecule has 1 saturated heterocycles. The molecule has 3 aromatic rings. The molecule has 0 aliphatic carbocycles. The van der Waals surface area contributed by atoms with Crippen molar-refractivity contribution >= 4 is 46.5 Å². The van der Waals surface area contributed by atoms with Gasteiger partial charge in [0, 0.05) is 29.9 Å². The third-order valence-corrected chi connectivity index (χ3v) is 8.83. The van der Waals surface area contributed by atoms with Gasteiger partial charge >= 0.3 is 6.03 Å². The first-order valence-corrected chi connectivity index (χ1v) is 14.7. The van der Waals surface area contributed by atoms with Crippen molar-refractivity contribution in [3.8, 4) is 0 Å². The first kappa shape index (κ1) is 30.7. The molecule has 5 amide bonds. The standard InChI is InChI=1S/C31H38N6O4S/c1-18-7-10-20(11-8-19-9-12-21(26(32)38)34-17-19)22(15-18)35-29(41)36-23-16-24(30(2,3)4)42-25(23)27(39)37-14-13-33-28(40)31(37,5)6/h7,9-10,12,15-17H,8,11,13-14H2,1-6H3,(H2,32,38)(H,33,40)(H2,35,36,41). The second-order valence-electron chi connectivity index (χ2n) is 12.0. The van der Waals surface area contributed by atoms with E-state index in [0.717, 1.165) is 21.6 Å². The molecule has 1 aromatic carbocycles. The average molecular weight is 591 g/mol.